The Morgan fingerprint density at radius 1 is 1.37 bits per heavy atom. The topological polar surface area (TPSA) is 55.0 Å². The quantitative estimate of drug-likeness (QED) is 0.500. The van der Waals surface area contributed by atoms with Crippen molar-refractivity contribution >= 4 is 25.4 Å². The van der Waals surface area contributed by atoms with E-state index < -0.39 is 8.07 Å². The molecule has 2 rings (SSSR count). The molecule has 4 nitrogen and oxygen atoms in total. The van der Waals surface area contributed by atoms with Crippen LogP contribution in [0.2, 0.25) is 25.7 Å². The van der Waals surface area contributed by atoms with Gasteiger partial charge in [-0.1, -0.05) is 31.8 Å². The van der Waals surface area contributed by atoms with Gasteiger partial charge in [-0.15, -0.1) is 0 Å². The van der Waals surface area contributed by atoms with Gasteiger partial charge in [-0.3, -0.25) is 4.79 Å². The van der Waals surface area contributed by atoms with E-state index in [4.69, 9.17) is 4.74 Å². The van der Waals surface area contributed by atoms with Crippen LogP contribution in [-0.2, 0) is 11.3 Å². The number of imidazole rings is 1. The average molecular weight is 276 g/mol. The summed E-state index contributed by atoms with van der Waals surface area (Å²) in [6, 6.07) is 7.02. The summed E-state index contributed by atoms with van der Waals surface area (Å²) in [4.78, 5) is 18.0. The van der Waals surface area contributed by atoms with Gasteiger partial charge in [0.2, 0.25) is 0 Å². The third-order valence-electron chi connectivity index (χ3n) is 2.98. The molecule has 5 heteroatoms. The molecular weight excluding hydrogens is 256 g/mol. The van der Waals surface area contributed by atoms with Crippen LogP contribution in [0.15, 0.2) is 18.2 Å². The van der Waals surface area contributed by atoms with Crippen molar-refractivity contribution in [3.05, 3.63) is 29.6 Å². The fourth-order valence-corrected chi connectivity index (χ4v) is 2.60. The van der Waals surface area contributed by atoms with Gasteiger partial charge in [0.25, 0.3) is 0 Å². The minimum atomic E-state index is -1.04. The molecule has 0 atom stereocenters. The van der Waals surface area contributed by atoms with Gasteiger partial charge in [0, 0.05) is 20.2 Å². The lowest BCUT2D eigenvalue weighted by Gasteiger charge is -2.15. The smallest absolute Gasteiger partial charge is 0.185 e. The number of hydrogen-bond acceptors (Lipinski definition) is 3. The number of aldehydes is 1. The number of carbonyl (C=O) groups is 1. The van der Waals surface area contributed by atoms with Crippen LogP contribution in [0.5, 0.6) is 0 Å². The number of H-pyrrole nitrogens is 1. The summed E-state index contributed by atoms with van der Waals surface area (Å²) in [7, 11) is -1.04. The van der Waals surface area contributed by atoms with E-state index in [2.05, 4.69) is 29.6 Å². The highest BCUT2D eigenvalue weighted by molar-refractivity contribution is 6.76. The van der Waals surface area contributed by atoms with E-state index in [9.17, 15) is 4.79 Å². The van der Waals surface area contributed by atoms with E-state index in [0.29, 0.717) is 12.4 Å². The Bertz CT molecular complexity index is 572. The molecule has 0 aliphatic heterocycles. The molecule has 0 radical (unpaired) electrons. The number of para-hydroxylation sites is 1. The Hall–Kier alpha value is -1.46. The molecule has 2 aromatic rings. The Balaban J connectivity index is 2.04. The zero-order valence-electron chi connectivity index (χ0n) is 11.7. The molecule has 19 heavy (non-hydrogen) atoms. The largest absolute Gasteiger partial charge is 0.377 e. The summed E-state index contributed by atoms with van der Waals surface area (Å²) in [6.07, 6.45) is 0.732. The highest BCUT2D eigenvalue weighted by atomic mass is 28.3. The molecule has 1 N–H and O–H groups in total. The van der Waals surface area contributed by atoms with Crippen LogP contribution in [-0.4, -0.2) is 30.9 Å². The zero-order valence-corrected chi connectivity index (χ0v) is 12.7. The lowest BCUT2D eigenvalue weighted by Crippen LogP contribution is -2.21. The van der Waals surface area contributed by atoms with Crippen LogP contribution in [0.25, 0.3) is 11.0 Å². The molecule has 0 spiro atoms. The van der Waals surface area contributed by atoms with Crippen LogP contribution in [0.3, 0.4) is 0 Å². The van der Waals surface area contributed by atoms with E-state index in [1.54, 1.807) is 0 Å². The second-order valence-corrected chi connectivity index (χ2v) is 11.5. The summed E-state index contributed by atoms with van der Waals surface area (Å²) in [6.45, 7) is 8.34. The number of carbonyl (C=O) groups excluding carboxylic acids is 1. The maximum atomic E-state index is 10.7. The Morgan fingerprint density at radius 3 is 2.84 bits per heavy atom. The van der Waals surface area contributed by atoms with Gasteiger partial charge >= 0.3 is 0 Å². The summed E-state index contributed by atoms with van der Waals surface area (Å²) in [5.74, 6) is 0.365. The number of aromatic nitrogens is 2. The summed E-state index contributed by atoms with van der Waals surface area (Å²) >= 11 is 0. The number of benzene rings is 1. The highest BCUT2D eigenvalue weighted by Gasteiger charge is 2.12. The Labute approximate surface area is 114 Å². The van der Waals surface area contributed by atoms with Gasteiger partial charge in [0.15, 0.2) is 12.1 Å². The van der Waals surface area contributed by atoms with Gasteiger partial charge in [-0.25, -0.2) is 4.98 Å². The normalized spacial score (nSPS) is 11.9. The number of nitrogens with one attached hydrogen (secondary N) is 1. The molecule has 0 aliphatic rings. The van der Waals surface area contributed by atoms with Crippen LogP contribution in [0.1, 0.15) is 16.2 Å². The van der Waals surface area contributed by atoms with Crippen LogP contribution >= 0.6 is 0 Å². The molecule has 1 aromatic heterocycles. The van der Waals surface area contributed by atoms with Crippen molar-refractivity contribution < 1.29 is 9.53 Å². The van der Waals surface area contributed by atoms with Crippen molar-refractivity contribution in [3.63, 3.8) is 0 Å². The molecule has 1 aromatic carbocycles. The maximum absolute atomic E-state index is 10.7. The number of rotatable bonds is 6. The third kappa shape index (κ3) is 3.75. The number of fused-ring (bicyclic) bond motifs is 1. The van der Waals surface area contributed by atoms with Crippen molar-refractivity contribution in [2.45, 2.75) is 32.3 Å². The lowest BCUT2D eigenvalue weighted by molar-refractivity contribution is 0.111. The van der Waals surface area contributed by atoms with Crippen molar-refractivity contribution in [2.24, 2.45) is 0 Å². The monoisotopic (exact) mass is 276 g/mol. The molecule has 0 amide bonds. The maximum Gasteiger partial charge on any atom is 0.185 e. The number of ether oxygens (including phenoxy) is 1. The van der Waals surface area contributed by atoms with Gasteiger partial charge in [0.1, 0.15) is 0 Å². The second-order valence-electron chi connectivity index (χ2n) is 5.92. The van der Waals surface area contributed by atoms with E-state index in [1.807, 2.05) is 18.2 Å². The van der Waals surface area contributed by atoms with Gasteiger partial charge < -0.3 is 9.72 Å². The number of hydrogen-bond donors (Lipinski definition) is 1. The molecule has 102 valence electrons. The predicted octanol–water partition coefficient (Wildman–Crippen LogP) is 3.23. The lowest BCUT2D eigenvalue weighted by atomic mass is 10.2. The van der Waals surface area contributed by atoms with Crippen molar-refractivity contribution in [1.29, 1.82) is 0 Å². The molecule has 0 saturated carbocycles. The van der Waals surface area contributed by atoms with Gasteiger partial charge in [0.05, 0.1) is 17.6 Å². The minimum Gasteiger partial charge on any atom is -0.377 e. The van der Waals surface area contributed by atoms with Gasteiger partial charge in [-0.2, -0.15) is 0 Å². The molecular formula is C14H20N2O2Si. The van der Waals surface area contributed by atoms with Crippen LogP contribution in [0.4, 0.5) is 0 Å². The molecule has 0 fully saturated rings. The fraction of sp³-hybridized carbons (Fsp3) is 0.429. The van der Waals surface area contributed by atoms with Crippen LogP contribution < -0.4 is 0 Å². The van der Waals surface area contributed by atoms with E-state index in [1.165, 1.54) is 0 Å². The first-order valence-electron chi connectivity index (χ1n) is 6.50. The third-order valence-corrected chi connectivity index (χ3v) is 4.68. The Morgan fingerprint density at radius 2 is 2.16 bits per heavy atom. The van der Waals surface area contributed by atoms with Crippen molar-refractivity contribution in [3.8, 4) is 0 Å². The summed E-state index contributed by atoms with van der Waals surface area (Å²) in [5, 5.41) is 0. The molecule has 0 bridgehead atoms. The van der Waals surface area contributed by atoms with Crippen molar-refractivity contribution in [1.82, 2.24) is 9.97 Å². The first-order valence-corrected chi connectivity index (χ1v) is 10.2. The average Bonchev–Trinajstić information content (AvgIpc) is 2.77. The number of aromatic amines is 1. The summed E-state index contributed by atoms with van der Waals surface area (Å²) in [5.41, 5.74) is 2.74. The second kappa shape index (κ2) is 5.67. The first kappa shape index (κ1) is 14.0. The molecule has 1 heterocycles. The van der Waals surface area contributed by atoms with E-state index in [-0.39, 0.29) is 0 Å². The molecule has 0 saturated heterocycles. The summed E-state index contributed by atoms with van der Waals surface area (Å²) < 4.78 is 5.74. The van der Waals surface area contributed by atoms with E-state index in [0.717, 1.165) is 35.5 Å². The predicted molar refractivity (Wildman–Crippen MR) is 79.3 cm³/mol. The standard InChI is InChI=1S/C14H20N2O2Si/c1-19(2,3)8-7-18-10-11-5-4-6-12-14(11)16-13(9-17)15-12/h4-6,9H,7-8,10H2,1-3H3,(H,15,16). The SMILES string of the molecule is C[Si](C)(C)CCOCc1cccc2[nH]c(C=O)nc12. The fourth-order valence-electron chi connectivity index (χ4n) is 1.84. The van der Waals surface area contributed by atoms with E-state index >= 15 is 0 Å². The number of nitrogens with zero attached hydrogens (tertiary/aromatic N) is 1. The Kier molecular flexibility index (Phi) is 4.16. The molecule has 0 aliphatic carbocycles. The van der Waals surface area contributed by atoms with Crippen molar-refractivity contribution in [2.75, 3.05) is 6.61 Å². The minimum absolute atomic E-state index is 0.365. The van der Waals surface area contributed by atoms with Gasteiger partial charge in [-0.05, 0) is 12.1 Å². The zero-order chi connectivity index (χ0) is 13.9. The first-order chi connectivity index (χ1) is 8.99. The highest BCUT2D eigenvalue weighted by Crippen LogP contribution is 2.17. The van der Waals surface area contributed by atoms with Crippen LogP contribution in [0, 0.1) is 0 Å². The molecule has 0 unspecified atom stereocenters.